The summed E-state index contributed by atoms with van der Waals surface area (Å²) in [6.45, 7) is 1.02. The van der Waals surface area contributed by atoms with Gasteiger partial charge in [0.1, 0.15) is 12.4 Å². The number of nitrogens with zero attached hydrogens (tertiary/aromatic N) is 1. The third-order valence-electron chi connectivity index (χ3n) is 3.61. The van der Waals surface area contributed by atoms with E-state index in [-0.39, 0.29) is 23.1 Å². The van der Waals surface area contributed by atoms with E-state index in [1.807, 2.05) is 0 Å². The molecule has 0 saturated carbocycles. The molecule has 3 rings (SSSR count). The normalized spacial score (nSPS) is 14.6. The number of morpholine rings is 1. The number of rotatable bonds is 3. The van der Waals surface area contributed by atoms with E-state index in [1.54, 1.807) is 29.2 Å². The first kappa shape index (κ1) is 16.4. The van der Waals surface area contributed by atoms with Gasteiger partial charge in [0.2, 0.25) is 0 Å². The van der Waals surface area contributed by atoms with E-state index >= 15 is 0 Å². The molecular weight excluding hydrogens is 335 g/mol. The van der Waals surface area contributed by atoms with Gasteiger partial charge in [0.05, 0.1) is 17.2 Å². The fourth-order valence-corrected chi connectivity index (χ4v) is 2.67. The summed E-state index contributed by atoms with van der Waals surface area (Å²) < 4.78 is 18.8. The standard InChI is InChI=1S/C17H14ClFN2O3/c18-13-2-1-3-14(19)16(13)17(23)20-11-4-6-12(7-5-11)21-8-9-24-10-15(21)22/h1-7H,8-10H2,(H,20,23). The average molecular weight is 349 g/mol. The van der Waals surface area contributed by atoms with Gasteiger partial charge in [-0.25, -0.2) is 4.39 Å². The monoisotopic (exact) mass is 348 g/mol. The second-order valence-electron chi connectivity index (χ2n) is 5.20. The van der Waals surface area contributed by atoms with Crippen molar-refractivity contribution in [2.75, 3.05) is 30.0 Å². The van der Waals surface area contributed by atoms with Crippen molar-refractivity contribution in [1.82, 2.24) is 0 Å². The Morgan fingerprint density at radius 2 is 1.96 bits per heavy atom. The molecule has 5 nitrogen and oxygen atoms in total. The lowest BCUT2D eigenvalue weighted by Gasteiger charge is -2.26. The molecule has 0 aromatic heterocycles. The summed E-state index contributed by atoms with van der Waals surface area (Å²) in [4.78, 5) is 25.6. The van der Waals surface area contributed by atoms with Gasteiger partial charge in [-0.3, -0.25) is 9.59 Å². The maximum absolute atomic E-state index is 13.8. The maximum atomic E-state index is 13.8. The molecule has 2 aromatic carbocycles. The topological polar surface area (TPSA) is 58.6 Å². The number of carbonyl (C=O) groups excluding carboxylic acids is 2. The van der Waals surface area contributed by atoms with Crippen LogP contribution >= 0.6 is 11.6 Å². The van der Waals surface area contributed by atoms with Crippen LogP contribution in [0, 0.1) is 5.82 Å². The van der Waals surface area contributed by atoms with Crippen molar-refractivity contribution in [2.24, 2.45) is 0 Å². The van der Waals surface area contributed by atoms with Crippen LogP contribution in [-0.4, -0.2) is 31.6 Å². The summed E-state index contributed by atoms with van der Waals surface area (Å²) in [5, 5.41) is 2.63. The average Bonchev–Trinajstić information content (AvgIpc) is 2.56. The van der Waals surface area contributed by atoms with Crippen LogP contribution < -0.4 is 10.2 Å². The van der Waals surface area contributed by atoms with Gasteiger partial charge in [0.15, 0.2) is 0 Å². The number of carbonyl (C=O) groups is 2. The van der Waals surface area contributed by atoms with Crippen LogP contribution in [-0.2, 0) is 9.53 Å². The Morgan fingerprint density at radius 1 is 1.21 bits per heavy atom. The molecule has 0 spiro atoms. The van der Waals surface area contributed by atoms with Crippen molar-refractivity contribution in [3.8, 4) is 0 Å². The van der Waals surface area contributed by atoms with Crippen LogP contribution in [0.4, 0.5) is 15.8 Å². The minimum atomic E-state index is -0.685. The van der Waals surface area contributed by atoms with E-state index in [0.29, 0.717) is 24.5 Å². The quantitative estimate of drug-likeness (QED) is 0.927. The number of anilines is 2. The van der Waals surface area contributed by atoms with Crippen molar-refractivity contribution in [1.29, 1.82) is 0 Å². The largest absolute Gasteiger partial charge is 0.370 e. The highest BCUT2D eigenvalue weighted by Gasteiger charge is 2.20. The second kappa shape index (κ2) is 6.98. The van der Waals surface area contributed by atoms with E-state index < -0.39 is 11.7 Å². The molecule has 1 saturated heterocycles. The first-order valence-corrected chi connectivity index (χ1v) is 7.67. The summed E-state index contributed by atoms with van der Waals surface area (Å²) in [6.07, 6.45) is 0. The molecule has 0 bridgehead atoms. The summed E-state index contributed by atoms with van der Waals surface area (Å²) >= 11 is 5.88. The minimum absolute atomic E-state index is 0.0445. The van der Waals surface area contributed by atoms with Crippen LogP contribution in [0.25, 0.3) is 0 Å². The van der Waals surface area contributed by atoms with E-state index in [1.165, 1.54) is 18.2 Å². The van der Waals surface area contributed by atoms with Crippen molar-refractivity contribution in [2.45, 2.75) is 0 Å². The molecule has 2 aromatic rings. The van der Waals surface area contributed by atoms with Crippen molar-refractivity contribution < 1.29 is 18.7 Å². The summed E-state index contributed by atoms with van der Waals surface area (Å²) in [6, 6.07) is 10.8. The van der Waals surface area contributed by atoms with Crippen LogP contribution in [0.3, 0.4) is 0 Å². The first-order chi connectivity index (χ1) is 11.6. The van der Waals surface area contributed by atoms with Crippen LogP contribution in [0.1, 0.15) is 10.4 Å². The third kappa shape index (κ3) is 3.39. The highest BCUT2D eigenvalue weighted by molar-refractivity contribution is 6.34. The molecule has 24 heavy (non-hydrogen) atoms. The Kier molecular flexibility index (Phi) is 4.78. The predicted octanol–water partition coefficient (Wildman–Crippen LogP) is 3.09. The first-order valence-electron chi connectivity index (χ1n) is 7.30. The van der Waals surface area contributed by atoms with Gasteiger partial charge >= 0.3 is 0 Å². The Morgan fingerprint density at radius 3 is 2.62 bits per heavy atom. The Balaban J connectivity index is 1.74. The second-order valence-corrected chi connectivity index (χ2v) is 5.60. The highest BCUT2D eigenvalue weighted by Crippen LogP contribution is 2.23. The van der Waals surface area contributed by atoms with Gasteiger partial charge in [-0.1, -0.05) is 17.7 Å². The number of benzene rings is 2. The smallest absolute Gasteiger partial charge is 0.260 e. The molecule has 0 atom stereocenters. The van der Waals surface area contributed by atoms with Gasteiger partial charge in [0.25, 0.3) is 11.8 Å². The molecule has 1 N–H and O–H groups in total. The van der Waals surface area contributed by atoms with E-state index in [9.17, 15) is 14.0 Å². The Hall–Kier alpha value is -2.44. The zero-order valence-corrected chi connectivity index (χ0v) is 13.3. The molecule has 1 fully saturated rings. The zero-order chi connectivity index (χ0) is 17.1. The zero-order valence-electron chi connectivity index (χ0n) is 12.6. The van der Waals surface area contributed by atoms with E-state index in [0.717, 1.165) is 0 Å². The number of halogens is 2. The molecule has 2 amide bonds. The molecule has 0 radical (unpaired) electrons. The number of ether oxygens (including phenoxy) is 1. The SMILES string of the molecule is O=C(Nc1ccc(N2CCOCC2=O)cc1)c1c(F)cccc1Cl. The molecule has 7 heteroatoms. The van der Waals surface area contributed by atoms with E-state index in [2.05, 4.69) is 5.32 Å². The molecule has 1 aliphatic heterocycles. The summed E-state index contributed by atoms with van der Waals surface area (Å²) in [5.74, 6) is -1.43. The van der Waals surface area contributed by atoms with Gasteiger partial charge < -0.3 is 15.0 Å². The van der Waals surface area contributed by atoms with Crippen molar-refractivity contribution >= 4 is 34.8 Å². The van der Waals surface area contributed by atoms with Gasteiger partial charge in [-0.2, -0.15) is 0 Å². The van der Waals surface area contributed by atoms with Gasteiger partial charge in [-0.05, 0) is 36.4 Å². The predicted molar refractivity (Wildman–Crippen MR) is 89.0 cm³/mol. The Labute approximate surface area is 143 Å². The molecule has 0 aliphatic carbocycles. The number of amides is 2. The van der Waals surface area contributed by atoms with Gasteiger partial charge in [0, 0.05) is 17.9 Å². The van der Waals surface area contributed by atoms with Gasteiger partial charge in [-0.15, -0.1) is 0 Å². The van der Waals surface area contributed by atoms with E-state index in [4.69, 9.17) is 16.3 Å². The molecule has 1 heterocycles. The lowest BCUT2D eigenvalue weighted by atomic mass is 10.2. The lowest BCUT2D eigenvalue weighted by molar-refractivity contribution is -0.125. The molecule has 0 unspecified atom stereocenters. The maximum Gasteiger partial charge on any atom is 0.260 e. The van der Waals surface area contributed by atoms with Crippen LogP contribution in [0.5, 0.6) is 0 Å². The fourth-order valence-electron chi connectivity index (χ4n) is 2.42. The van der Waals surface area contributed by atoms with Crippen LogP contribution in [0.15, 0.2) is 42.5 Å². The summed E-state index contributed by atoms with van der Waals surface area (Å²) in [5.41, 5.74) is 0.987. The third-order valence-corrected chi connectivity index (χ3v) is 3.93. The fraction of sp³-hybridized carbons (Fsp3) is 0.176. The molecule has 1 aliphatic rings. The lowest BCUT2D eigenvalue weighted by Crippen LogP contribution is -2.41. The Bertz CT molecular complexity index is 760. The number of hydrogen-bond acceptors (Lipinski definition) is 3. The van der Waals surface area contributed by atoms with Crippen LogP contribution in [0.2, 0.25) is 5.02 Å². The van der Waals surface area contributed by atoms with Crippen molar-refractivity contribution in [3.05, 3.63) is 58.9 Å². The minimum Gasteiger partial charge on any atom is -0.370 e. The molecule has 124 valence electrons. The number of nitrogens with one attached hydrogen (secondary N) is 1. The highest BCUT2D eigenvalue weighted by atomic mass is 35.5. The molecular formula is C17H14ClFN2O3. The summed E-state index contributed by atoms with van der Waals surface area (Å²) in [7, 11) is 0. The van der Waals surface area contributed by atoms with Crippen molar-refractivity contribution in [3.63, 3.8) is 0 Å². The number of hydrogen-bond donors (Lipinski definition) is 1.